The lowest BCUT2D eigenvalue weighted by Gasteiger charge is -2.34. The average molecular weight is 364 g/mol. The maximum atomic E-state index is 12.5. The van der Waals surface area contributed by atoms with E-state index in [0.717, 1.165) is 38.2 Å². The Morgan fingerprint density at radius 3 is 2.46 bits per heavy atom. The second-order valence-corrected chi connectivity index (χ2v) is 7.03. The van der Waals surface area contributed by atoms with Gasteiger partial charge in [0.25, 0.3) is 0 Å². The number of halogens is 3. The highest BCUT2D eigenvalue weighted by molar-refractivity contribution is 7.87. The highest BCUT2D eigenvalue weighted by Gasteiger charge is 2.49. The van der Waals surface area contributed by atoms with Gasteiger partial charge in [0.2, 0.25) is 0 Å². The van der Waals surface area contributed by atoms with Gasteiger partial charge in [0.05, 0.1) is 5.52 Å². The Hall–Kier alpha value is -2.01. The third-order valence-electron chi connectivity index (χ3n) is 3.83. The molecule has 2 heterocycles. The lowest BCUT2D eigenvalue weighted by atomic mass is 10.2. The molecule has 1 aliphatic heterocycles. The molecule has 1 aromatic carbocycles. The van der Waals surface area contributed by atoms with Crippen molar-refractivity contribution in [3.63, 3.8) is 0 Å². The molecule has 0 radical (unpaired) electrons. The van der Waals surface area contributed by atoms with Crippen LogP contribution in [-0.4, -0.2) is 61.8 Å². The topological polar surface area (TPSA) is 67.7 Å². The molecule has 0 atom stereocenters. The van der Waals surface area contributed by atoms with Crippen molar-refractivity contribution in [2.24, 2.45) is 0 Å². The summed E-state index contributed by atoms with van der Waals surface area (Å²) in [6.07, 6.45) is 0.904. The van der Waals surface area contributed by atoms with Gasteiger partial charge in [0.15, 0.2) is 0 Å². The molecular formula is C13H15F3N4O3S. The van der Waals surface area contributed by atoms with Gasteiger partial charge in [0.1, 0.15) is 11.8 Å². The van der Waals surface area contributed by atoms with Crippen molar-refractivity contribution in [3.05, 3.63) is 24.5 Å². The molecule has 1 saturated heterocycles. The quantitative estimate of drug-likeness (QED) is 0.759. The minimum Gasteiger partial charge on any atom is -0.369 e. The third-order valence-corrected chi connectivity index (χ3v) is 4.75. The van der Waals surface area contributed by atoms with Gasteiger partial charge in [-0.1, -0.05) is 0 Å². The molecule has 2 aromatic rings. The normalized spacial score (nSPS) is 17.4. The number of alkyl halides is 3. The minimum atomic E-state index is -5.75. The van der Waals surface area contributed by atoms with Crippen molar-refractivity contribution < 1.29 is 25.9 Å². The van der Waals surface area contributed by atoms with Crippen molar-refractivity contribution in [2.75, 3.05) is 38.1 Å². The van der Waals surface area contributed by atoms with Crippen LogP contribution in [0.15, 0.2) is 24.5 Å². The predicted molar refractivity (Wildman–Crippen MR) is 81.0 cm³/mol. The molecule has 24 heavy (non-hydrogen) atoms. The zero-order valence-corrected chi connectivity index (χ0v) is 13.5. The zero-order chi connectivity index (χ0) is 17.5. The largest absolute Gasteiger partial charge is 0.536 e. The number of nitrogens with zero attached hydrogens (tertiary/aromatic N) is 4. The van der Waals surface area contributed by atoms with E-state index in [9.17, 15) is 21.6 Å². The Labute approximate surface area is 136 Å². The first-order valence-electron chi connectivity index (χ1n) is 7.09. The standard InChI is InChI=1S/C13H15F3N4O3S/c1-18-4-6-19(7-5-18)10-2-3-11-12(8-10)20(9-17-11)23-24(21,22)13(14,15)16/h2-3,8-9H,4-7H2,1H3. The Balaban J connectivity index is 1.92. The van der Waals surface area contributed by atoms with E-state index in [1.807, 2.05) is 7.05 Å². The molecule has 0 saturated carbocycles. The summed E-state index contributed by atoms with van der Waals surface area (Å²) in [7, 11) is -3.75. The van der Waals surface area contributed by atoms with E-state index in [1.165, 1.54) is 0 Å². The number of imidazole rings is 1. The van der Waals surface area contributed by atoms with Crippen LogP contribution in [0.5, 0.6) is 0 Å². The fourth-order valence-electron chi connectivity index (χ4n) is 2.44. The summed E-state index contributed by atoms with van der Waals surface area (Å²) in [6, 6.07) is 4.98. The smallest absolute Gasteiger partial charge is 0.369 e. The number of fused-ring (bicyclic) bond motifs is 1. The van der Waals surface area contributed by atoms with Gasteiger partial charge in [-0.25, -0.2) is 4.98 Å². The first kappa shape index (κ1) is 16.8. The van der Waals surface area contributed by atoms with E-state index in [4.69, 9.17) is 0 Å². The van der Waals surface area contributed by atoms with Crippen LogP contribution in [0.1, 0.15) is 0 Å². The molecule has 11 heteroatoms. The average Bonchev–Trinajstić information content (AvgIpc) is 2.89. The highest BCUT2D eigenvalue weighted by atomic mass is 32.2. The monoisotopic (exact) mass is 364 g/mol. The molecule has 0 aliphatic carbocycles. The Morgan fingerprint density at radius 1 is 1.17 bits per heavy atom. The van der Waals surface area contributed by atoms with Crippen molar-refractivity contribution in [1.29, 1.82) is 0 Å². The summed E-state index contributed by atoms with van der Waals surface area (Å²) in [5.74, 6) is 0. The van der Waals surface area contributed by atoms with E-state index in [-0.39, 0.29) is 5.52 Å². The molecule has 0 bridgehead atoms. The fraction of sp³-hybridized carbons (Fsp3) is 0.462. The number of piperazine rings is 1. The van der Waals surface area contributed by atoms with Crippen LogP contribution in [0.25, 0.3) is 11.0 Å². The number of likely N-dealkylation sites (N-methyl/N-ethyl adjacent to an activating group) is 1. The third kappa shape index (κ3) is 3.13. The van der Waals surface area contributed by atoms with Gasteiger partial charge in [-0.05, 0) is 25.2 Å². The molecule has 0 spiro atoms. The summed E-state index contributed by atoms with van der Waals surface area (Å²) in [5.41, 5.74) is -4.24. The summed E-state index contributed by atoms with van der Waals surface area (Å²) in [4.78, 5) is 8.09. The molecule has 0 amide bonds. The van der Waals surface area contributed by atoms with Gasteiger partial charge < -0.3 is 9.80 Å². The fourth-order valence-corrected chi connectivity index (χ4v) is 2.86. The van der Waals surface area contributed by atoms with Crippen molar-refractivity contribution in [3.8, 4) is 0 Å². The van der Waals surface area contributed by atoms with E-state index in [1.54, 1.807) is 18.2 Å². The van der Waals surface area contributed by atoms with Crippen molar-refractivity contribution in [2.45, 2.75) is 5.51 Å². The van der Waals surface area contributed by atoms with Crippen molar-refractivity contribution >= 4 is 26.8 Å². The molecule has 0 N–H and O–H groups in total. The molecule has 0 unspecified atom stereocenters. The zero-order valence-electron chi connectivity index (χ0n) is 12.7. The molecule has 1 aliphatic rings. The first-order chi connectivity index (χ1) is 11.2. The summed E-state index contributed by atoms with van der Waals surface area (Å²) in [5, 5.41) is 0. The van der Waals surface area contributed by atoms with Gasteiger partial charge in [0, 0.05) is 31.9 Å². The van der Waals surface area contributed by atoms with E-state index in [0.29, 0.717) is 10.2 Å². The van der Waals surface area contributed by atoms with E-state index >= 15 is 0 Å². The van der Waals surface area contributed by atoms with E-state index in [2.05, 4.69) is 19.1 Å². The molecule has 1 aromatic heterocycles. The van der Waals surface area contributed by atoms with Crippen LogP contribution >= 0.6 is 0 Å². The molecule has 1 fully saturated rings. The minimum absolute atomic E-state index is 0.152. The predicted octanol–water partition coefficient (Wildman–Crippen LogP) is 1.07. The van der Waals surface area contributed by atoms with Crippen LogP contribution in [-0.2, 0) is 10.1 Å². The Kier molecular flexibility index (Phi) is 4.08. The SMILES string of the molecule is CN1CCN(c2ccc3ncn(OS(=O)(=O)C(F)(F)F)c3c2)CC1. The number of anilines is 1. The lowest BCUT2D eigenvalue weighted by molar-refractivity contribution is -0.0543. The van der Waals surface area contributed by atoms with Crippen LogP contribution in [0.4, 0.5) is 18.9 Å². The molecule has 132 valence electrons. The van der Waals surface area contributed by atoms with Crippen LogP contribution in [0.3, 0.4) is 0 Å². The second kappa shape index (κ2) is 5.81. The van der Waals surface area contributed by atoms with Crippen molar-refractivity contribution in [1.82, 2.24) is 14.6 Å². The van der Waals surface area contributed by atoms with Crippen LogP contribution in [0, 0.1) is 0 Å². The van der Waals surface area contributed by atoms with E-state index < -0.39 is 15.6 Å². The molecule has 7 nitrogen and oxygen atoms in total. The Bertz CT molecular complexity index is 842. The maximum Gasteiger partial charge on any atom is 0.536 e. The van der Waals surface area contributed by atoms with Gasteiger partial charge in [-0.2, -0.15) is 26.3 Å². The summed E-state index contributed by atoms with van der Waals surface area (Å²) in [6.45, 7) is 3.24. The Morgan fingerprint density at radius 2 is 1.83 bits per heavy atom. The number of benzene rings is 1. The van der Waals surface area contributed by atoms with Crippen LogP contribution in [0.2, 0.25) is 0 Å². The summed E-state index contributed by atoms with van der Waals surface area (Å²) >= 11 is 0. The first-order valence-corrected chi connectivity index (χ1v) is 8.50. The summed E-state index contributed by atoms with van der Waals surface area (Å²) < 4.78 is 64.4. The van der Waals surface area contributed by atoms with Crippen LogP contribution < -0.4 is 9.18 Å². The number of rotatable bonds is 3. The van der Waals surface area contributed by atoms with Gasteiger partial charge in [-0.15, -0.1) is 0 Å². The van der Waals surface area contributed by atoms with Gasteiger partial charge >= 0.3 is 15.6 Å². The number of aromatic nitrogens is 2. The highest BCUT2D eigenvalue weighted by Crippen LogP contribution is 2.26. The molecule has 3 rings (SSSR count). The number of hydrogen-bond acceptors (Lipinski definition) is 6. The lowest BCUT2D eigenvalue weighted by Crippen LogP contribution is -2.44. The molecular weight excluding hydrogens is 349 g/mol. The maximum absolute atomic E-state index is 12.5. The second-order valence-electron chi connectivity index (χ2n) is 5.51. The van der Waals surface area contributed by atoms with Gasteiger partial charge in [-0.3, -0.25) is 4.28 Å². The number of hydrogen-bond donors (Lipinski definition) is 0.